The average Bonchev–Trinajstić information content (AvgIpc) is 2.49. The van der Waals surface area contributed by atoms with Crippen molar-refractivity contribution < 1.29 is 19.1 Å². The lowest BCUT2D eigenvalue weighted by Gasteiger charge is -2.08. The highest BCUT2D eigenvalue weighted by Gasteiger charge is 2.16. The fourth-order valence-electron chi connectivity index (χ4n) is 1.78. The molecule has 0 atom stereocenters. The van der Waals surface area contributed by atoms with Crippen LogP contribution in [0.4, 0.5) is 10.1 Å². The Bertz CT molecular complexity index is 762. The van der Waals surface area contributed by atoms with Gasteiger partial charge in [-0.25, -0.2) is 9.18 Å². The van der Waals surface area contributed by atoms with Gasteiger partial charge in [-0.2, -0.15) is 0 Å². The number of rotatable bonds is 3. The standard InChI is InChI=1S/C16H10FNO3/c1-2-10-9-11(7-8-14(10)17)18-15(19)12-5-3-4-6-13(12)16(20)21/h1,3-9H,(H,18,19)(H,20,21). The molecular weight excluding hydrogens is 273 g/mol. The van der Waals surface area contributed by atoms with Gasteiger partial charge in [0.2, 0.25) is 0 Å². The van der Waals surface area contributed by atoms with E-state index in [-0.39, 0.29) is 22.4 Å². The van der Waals surface area contributed by atoms with E-state index >= 15 is 0 Å². The summed E-state index contributed by atoms with van der Waals surface area (Å²) < 4.78 is 13.3. The number of aromatic carboxylic acids is 1. The highest BCUT2D eigenvalue weighted by Crippen LogP contribution is 2.16. The molecule has 0 heterocycles. The van der Waals surface area contributed by atoms with Gasteiger partial charge in [-0.05, 0) is 30.3 Å². The third-order valence-electron chi connectivity index (χ3n) is 2.78. The zero-order valence-corrected chi connectivity index (χ0v) is 10.8. The Labute approximate surface area is 120 Å². The van der Waals surface area contributed by atoms with Gasteiger partial charge in [0, 0.05) is 5.69 Å². The molecule has 0 saturated heterocycles. The van der Waals surface area contributed by atoms with Crippen LogP contribution in [0.1, 0.15) is 26.3 Å². The number of benzene rings is 2. The van der Waals surface area contributed by atoms with Gasteiger partial charge in [0.1, 0.15) is 5.82 Å². The van der Waals surface area contributed by atoms with E-state index in [4.69, 9.17) is 11.5 Å². The van der Waals surface area contributed by atoms with Crippen molar-refractivity contribution in [2.75, 3.05) is 5.32 Å². The molecule has 2 rings (SSSR count). The second-order valence-corrected chi connectivity index (χ2v) is 4.14. The number of amides is 1. The van der Waals surface area contributed by atoms with E-state index in [9.17, 15) is 14.0 Å². The molecule has 0 aliphatic carbocycles. The van der Waals surface area contributed by atoms with E-state index in [0.717, 1.165) is 6.07 Å². The summed E-state index contributed by atoms with van der Waals surface area (Å²) in [6.45, 7) is 0. The van der Waals surface area contributed by atoms with Gasteiger partial charge in [-0.15, -0.1) is 6.42 Å². The quantitative estimate of drug-likeness (QED) is 0.851. The number of carboxylic acids is 1. The monoisotopic (exact) mass is 283 g/mol. The first-order valence-electron chi connectivity index (χ1n) is 5.92. The molecule has 0 saturated carbocycles. The van der Waals surface area contributed by atoms with Crippen LogP contribution in [-0.2, 0) is 0 Å². The third kappa shape index (κ3) is 3.07. The minimum atomic E-state index is -1.20. The van der Waals surface area contributed by atoms with Gasteiger partial charge in [0.05, 0.1) is 16.7 Å². The Balaban J connectivity index is 2.31. The highest BCUT2D eigenvalue weighted by atomic mass is 19.1. The van der Waals surface area contributed by atoms with Crippen molar-refractivity contribution >= 4 is 17.6 Å². The molecule has 0 aromatic heterocycles. The van der Waals surface area contributed by atoms with Gasteiger partial charge in [0.25, 0.3) is 5.91 Å². The molecule has 2 aromatic carbocycles. The van der Waals surface area contributed by atoms with Gasteiger partial charge in [-0.1, -0.05) is 18.1 Å². The fourth-order valence-corrected chi connectivity index (χ4v) is 1.78. The van der Waals surface area contributed by atoms with Crippen LogP contribution in [0, 0.1) is 18.2 Å². The molecule has 0 aliphatic rings. The molecule has 0 bridgehead atoms. The summed E-state index contributed by atoms with van der Waals surface area (Å²) in [6, 6.07) is 9.58. The minimum absolute atomic E-state index is 0.0107. The number of hydrogen-bond acceptors (Lipinski definition) is 2. The first-order valence-corrected chi connectivity index (χ1v) is 5.92. The van der Waals surface area contributed by atoms with E-state index in [1.54, 1.807) is 6.07 Å². The molecule has 0 unspecified atom stereocenters. The number of carbonyl (C=O) groups excluding carboxylic acids is 1. The average molecular weight is 283 g/mol. The maximum Gasteiger partial charge on any atom is 0.336 e. The van der Waals surface area contributed by atoms with E-state index in [2.05, 4.69) is 11.2 Å². The fraction of sp³-hybridized carbons (Fsp3) is 0. The smallest absolute Gasteiger partial charge is 0.336 e. The van der Waals surface area contributed by atoms with Crippen molar-refractivity contribution in [1.29, 1.82) is 0 Å². The second-order valence-electron chi connectivity index (χ2n) is 4.14. The Morgan fingerprint density at radius 1 is 1.14 bits per heavy atom. The van der Waals surface area contributed by atoms with Crippen molar-refractivity contribution in [3.05, 3.63) is 65.0 Å². The summed E-state index contributed by atoms with van der Waals surface area (Å²) in [4.78, 5) is 23.2. The van der Waals surface area contributed by atoms with Crippen molar-refractivity contribution in [3.63, 3.8) is 0 Å². The van der Waals surface area contributed by atoms with Gasteiger partial charge < -0.3 is 10.4 Å². The summed E-state index contributed by atoms with van der Waals surface area (Å²) >= 11 is 0. The van der Waals surface area contributed by atoms with Crippen LogP contribution in [0.15, 0.2) is 42.5 Å². The molecule has 0 radical (unpaired) electrons. The molecular formula is C16H10FNO3. The van der Waals surface area contributed by atoms with Crippen molar-refractivity contribution in [2.24, 2.45) is 0 Å². The SMILES string of the molecule is C#Cc1cc(NC(=O)c2ccccc2C(=O)O)ccc1F. The molecule has 2 aromatic rings. The highest BCUT2D eigenvalue weighted by molar-refractivity contribution is 6.10. The first kappa shape index (κ1) is 14.3. The van der Waals surface area contributed by atoms with E-state index < -0.39 is 17.7 Å². The largest absolute Gasteiger partial charge is 0.478 e. The van der Waals surface area contributed by atoms with E-state index in [1.807, 2.05) is 0 Å². The second kappa shape index (κ2) is 5.88. The molecule has 21 heavy (non-hydrogen) atoms. The van der Waals surface area contributed by atoms with Gasteiger partial charge in [-0.3, -0.25) is 4.79 Å². The zero-order chi connectivity index (χ0) is 15.4. The van der Waals surface area contributed by atoms with Crippen LogP contribution in [0.5, 0.6) is 0 Å². The lowest BCUT2D eigenvalue weighted by Crippen LogP contribution is -2.16. The number of carbonyl (C=O) groups is 2. The number of hydrogen-bond donors (Lipinski definition) is 2. The molecule has 0 fully saturated rings. The van der Waals surface area contributed by atoms with Crippen molar-refractivity contribution in [1.82, 2.24) is 0 Å². The lowest BCUT2D eigenvalue weighted by atomic mass is 10.1. The zero-order valence-electron chi connectivity index (χ0n) is 10.8. The number of carboxylic acid groups (broad SMARTS) is 1. The van der Waals surface area contributed by atoms with Crippen molar-refractivity contribution in [3.8, 4) is 12.3 Å². The Morgan fingerprint density at radius 2 is 1.81 bits per heavy atom. The molecule has 104 valence electrons. The third-order valence-corrected chi connectivity index (χ3v) is 2.78. The normalized spacial score (nSPS) is 9.71. The maximum absolute atomic E-state index is 13.3. The summed E-state index contributed by atoms with van der Waals surface area (Å²) in [5.41, 5.74) is 0.194. The van der Waals surface area contributed by atoms with Crippen LogP contribution in [0.3, 0.4) is 0 Å². The summed E-state index contributed by atoms with van der Waals surface area (Å²) in [6.07, 6.45) is 5.14. The van der Waals surface area contributed by atoms with Crippen LogP contribution >= 0.6 is 0 Å². The van der Waals surface area contributed by atoms with Crippen LogP contribution in [0.2, 0.25) is 0 Å². The predicted octanol–water partition coefficient (Wildman–Crippen LogP) is 2.76. The first-order chi connectivity index (χ1) is 10.0. The van der Waals surface area contributed by atoms with Crippen LogP contribution in [0.25, 0.3) is 0 Å². The molecule has 0 aliphatic heterocycles. The van der Waals surface area contributed by atoms with E-state index in [0.29, 0.717) is 0 Å². The maximum atomic E-state index is 13.3. The molecule has 4 nitrogen and oxygen atoms in total. The number of nitrogens with one attached hydrogen (secondary N) is 1. The van der Waals surface area contributed by atoms with Crippen LogP contribution < -0.4 is 5.32 Å². The van der Waals surface area contributed by atoms with Crippen LogP contribution in [-0.4, -0.2) is 17.0 Å². The number of halogens is 1. The predicted molar refractivity (Wildman–Crippen MR) is 75.7 cm³/mol. The number of terminal acetylenes is 1. The summed E-state index contributed by atoms with van der Waals surface area (Å²) in [7, 11) is 0. The molecule has 5 heteroatoms. The summed E-state index contributed by atoms with van der Waals surface area (Å²) in [5, 5.41) is 11.5. The van der Waals surface area contributed by atoms with Gasteiger partial charge in [0.15, 0.2) is 0 Å². The molecule has 2 N–H and O–H groups in total. The Morgan fingerprint density at radius 3 is 2.43 bits per heavy atom. The molecule has 0 spiro atoms. The topological polar surface area (TPSA) is 66.4 Å². The Hall–Kier alpha value is -3.13. The Kier molecular flexibility index (Phi) is 4.00. The van der Waals surface area contributed by atoms with Gasteiger partial charge >= 0.3 is 5.97 Å². The number of anilines is 1. The summed E-state index contributed by atoms with van der Waals surface area (Å²) in [5.74, 6) is -0.223. The molecule has 1 amide bonds. The lowest BCUT2D eigenvalue weighted by molar-refractivity contribution is 0.0692. The van der Waals surface area contributed by atoms with E-state index in [1.165, 1.54) is 30.3 Å². The van der Waals surface area contributed by atoms with Crippen molar-refractivity contribution in [2.45, 2.75) is 0 Å². The minimum Gasteiger partial charge on any atom is -0.478 e.